The third-order valence-electron chi connectivity index (χ3n) is 3.79. The maximum atomic E-state index is 11.8. The van der Waals surface area contributed by atoms with Gasteiger partial charge >= 0.3 is 0 Å². The van der Waals surface area contributed by atoms with Gasteiger partial charge in [0.05, 0.1) is 5.54 Å². The zero-order valence-electron chi connectivity index (χ0n) is 11.1. The highest BCUT2D eigenvalue weighted by molar-refractivity contribution is 5.78. The van der Waals surface area contributed by atoms with Gasteiger partial charge in [0, 0.05) is 13.2 Å². The number of amides is 1. The molecule has 1 amide bonds. The first-order valence-corrected chi connectivity index (χ1v) is 6.73. The molecule has 1 aliphatic carbocycles. The molecule has 0 aromatic carbocycles. The summed E-state index contributed by atoms with van der Waals surface area (Å²) in [6, 6.07) is 0. The SMILES string of the molecule is CCCOCC(=O)NC1(CN)CCCCC1C. The second-order valence-electron chi connectivity index (χ2n) is 5.11. The molecule has 1 rings (SSSR count). The number of ether oxygens (including phenoxy) is 1. The molecule has 1 fully saturated rings. The van der Waals surface area contributed by atoms with Gasteiger partial charge in [-0.3, -0.25) is 4.79 Å². The highest BCUT2D eigenvalue weighted by Gasteiger charge is 2.38. The van der Waals surface area contributed by atoms with Crippen LogP contribution in [0.25, 0.3) is 0 Å². The summed E-state index contributed by atoms with van der Waals surface area (Å²) in [6.45, 7) is 5.52. The fourth-order valence-electron chi connectivity index (χ4n) is 2.58. The van der Waals surface area contributed by atoms with Crippen molar-refractivity contribution < 1.29 is 9.53 Å². The highest BCUT2D eigenvalue weighted by atomic mass is 16.5. The summed E-state index contributed by atoms with van der Waals surface area (Å²) < 4.78 is 5.26. The number of hydrogen-bond acceptors (Lipinski definition) is 3. The average Bonchev–Trinajstić information content (AvgIpc) is 2.32. The molecule has 100 valence electrons. The zero-order valence-corrected chi connectivity index (χ0v) is 11.1. The van der Waals surface area contributed by atoms with Gasteiger partial charge in [0.25, 0.3) is 0 Å². The van der Waals surface area contributed by atoms with Crippen LogP contribution in [0, 0.1) is 5.92 Å². The van der Waals surface area contributed by atoms with Crippen LogP contribution >= 0.6 is 0 Å². The smallest absolute Gasteiger partial charge is 0.246 e. The van der Waals surface area contributed by atoms with E-state index in [4.69, 9.17) is 10.5 Å². The summed E-state index contributed by atoms with van der Waals surface area (Å²) in [5.74, 6) is 0.425. The van der Waals surface area contributed by atoms with E-state index < -0.39 is 0 Å². The van der Waals surface area contributed by atoms with Gasteiger partial charge in [-0.15, -0.1) is 0 Å². The molecular formula is C13H26N2O2. The molecule has 1 saturated carbocycles. The first-order valence-electron chi connectivity index (χ1n) is 6.73. The molecule has 3 N–H and O–H groups in total. The van der Waals surface area contributed by atoms with Crippen molar-refractivity contribution in [3.8, 4) is 0 Å². The molecular weight excluding hydrogens is 216 g/mol. The summed E-state index contributed by atoms with van der Waals surface area (Å²) in [6.07, 6.45) is 5.46. The number of carbonyl (C=O) groups excluding carboxylic acids is 1. The summed E-state index contributed by atoms with van der Waals surface area (Å²) in [4.78, 5) is 11.8. The van der Waals surface area contributed by atoms with Gasteiger partial charge in [-0.25, -0.2) is 0 Å². The molecule has 4 nitrogen and oxygen atoms in total. The second-order valence-corrected chi connectivity index (χ2v) is 5.11. The molecule has 2 unspecified atom stereocenters. The lowest BCUT2D eigenvalue weighted by atomic mass is 9.73. The van der Waals surface area contributed by atoms with Crippen LogP contribution in [0.4, 0.5) is 0 Å². The van der Waals surface area contributed by atoms with Crippen molar-refractivity contribution in [2.75, 3.05) is 19.8 Å². The normalized spacial score (nSPS) is 29.0. The lowest BCUT2D eigenvalue weighted by Crippen LogP contribution is -2.59. The number of nitrogens with two attached hydrogens (primary N) is 1. The fourth-order valence-corrected chi connectivity index (χ4v) is 2.58. The summed E-state index contributed by atoms with van der Waals surface area (Å²) >= 11 is 0. The Bertz CT molecular complexity index is 246. The maximum Gasteiger partial charge on any atom is 0.246 e. The Balaban J connectivity index is 2.47. The third kappa shape index (κ3) is 3.96. The molecule has 0 bridgehead atoms. The first kappa shape index (κ1) is 14.5. The third-order valence-corrected chi connectivity index (χ3v) is 3.79. The summed E-state index contributed by atoms with van der Waals surface area (Å²) in [5, 5.41) is 3.10. The zero-order chi connectivity index (χ0) is 12.7. The van der Waals surface area contributed by atoms with Crippen molar-refractivity contribution in [1.82, 2.24) is 5.32 Å². The number of hydrogen-bond donors (Lipinski definition) is 2. The maximum absolute atomic E-state index is 11.8. The number of nitrogens with one attached hydrogen (secondary N) is 1. The molecule has 17 heavy (non-hydrogen) atoms. The van der Waals surface area contributed by atoms with Crippen LogP contribution in [-0.4, -0.2) is 31.2 Å². The monoisotopic (exact) mass is 242 g/mol. The topological polar surface area (TPSA) is 64.3 Å². The minimum Gasteiger partial charge on any atom is -0.372 e. The van der Waals surface area contributed by atoms with Crippen molar-refractivity contribution in [2.45, 2.75) is 51.5 Å². The van der Waals surface area contributed by atoms with Gasteiger partial charge in [0.15, 0.2) is 0 Å². The Kier molecular flexibility index (Phi) is 5.92. The minimum atomic E-state index is -0.203. The van der Waals surface area contributed by atoms with Crippen molar-refractivity contribution in [3.05, 3.63) is 0 Å². The standard InChI is InChI=1S/C13H26N2O2/c1-3-8-17-9-12(16)15-13(10-14)7-5-4-6-11(13)2/h11H,3-10,14H2,1-2H3,(H,15,16). The quantitative estimate of drug-likeness (QED) is 0.693. The van der Waals surface area contributed by atoms with Crippen LogP contribution in [0.1, 0.15) is 46.0 Å². The Morgan fingerprint density at radius 3 is 2.88 bits per heavy atom. The molecule has 0 aromatic rings. The van der Waals surface area contributed by atoms with E-state index in [-0.39, 0.29) is 18.1 Å². The molecule has 2 atom stereocenters. The van der Waals surface area contributed by atoms with Crippen molar-refractivity contribution in [3.63, 3.8) is 0 Å². The van der Waals surface area contributed by atoms with Crippen LogP contribution in [0.2, 0.25) is 0 Å². The Morgan fingerprint density at radius 1 is 1.53 bits per heavy atom. The van der Waals surface area contributed by atoms with Gasteiger partial charge < -0.3 is 15.8 Å². The average molecular weight is 242 g/mol. The van der Waals surface area contributed by atoms with Gasteiger partial charge in [-0.2, -0.15) is 0 Å². The number of rotatable bonds is 6. The van der Waals surface area contributed by atoms with Crippen molar-refractivity contribution in [1.29, 1.82) is 0 Å². The van der Waals surface area contributed by atoms with Gasteiger partial charge in [-0.05, 0) is 25.2 Å². The number of carbonyl (C=O) groups is 1. The molecule has 1 aliphatic rings. The van der Waals surface area contributed by atoms with E-state index in [0.717, 1.165) is 25.7 Å². The van der Waals surface area contributed by atoms with Crippen LogP contribution < -0.4 is 11.1 Å². The Morgan fingerprint density at radius 2 is 2.29 bits per heavy atom. The van der Waals surface area contributed by atoms with E-state index in [1.807, 2.05) is 6.92 Å². The Labute approximate surface area is 104 Å². The van der Waals surface area contributed by atoms with Gasteiger partial charge in [0.1, 0.15) is 6.61 Å². The Hall–Kier alpha value is -0.610. The highest BCUT2D eigenvalue weighted by Crippen LogP contribution is 2.32. The predicted octanol–water partition coefficient (Wildman–Crippen LogP) is 1.44. The van der Waals surface area contributed by atoms with E-state index in [2.05, 4.69) is 12.2 Å². The molecule has 0 aromatic heterocycles. The van der Waals surface area contributed by atoms with E-state index >= 15 is 0 Å². The molecule has 4 heteroatoms. The largest absolute Gasteiger partial charge is 0.372 e. The van der Waals surface area contributed by atoms with Crippen LogP contribution in [0.5, 0.6) is 0 Å². The molecule has 0 saturated heterocycles. The predicted molar refractivity (Wildman–Crippen MR) is 68.7 cm³/mol. The summed E-state index contributed by atoms with van der Waals surface area (Å²) in [5.41, 5.74) is 5.67. The van der Waals surface area contributed by atoms with E-state index in [9.17, 15) is 4.79 Å². The van der Waals surface area contributed by atoms with E-state index in [1.165, 1.54) is 6.42 Å². The molecule has 0 spiro atoms. The van der Waals surface area contributed by atoms with Crippen molar-refractivity contribution >= 4 is 5.91 Å². The first-order chi connectivity index (χ1) is 8.14. The lowest BCUT2D eigenvalue weighted by Gasteiger charge is -2.42. The van der Waals surface area contributed by atoms with Crippen LogP contribution in [-0.2, 0) is 9.53 Å². The molecule has 0 radical (unpaired) electrons. The lowest BCUT2D eigenvalue weighted by molar-refractivity contribution is -0.128. The minimum absolute atomic E-state index is 0.0300. The van der Waals surface area contributed by atoms with E-state index in [0.29, 0.717) is 19.1 Å². The molecule has 0 heterocycles. The van der Waals surface area contributed by atoms with Gasteiger partial charge in [-0.1, -0.05) is 26.7 Å². The van der Waals surface area contributed by atoms with Crippen molar-refractivity contribution in [2.24, 2.45) is 11.7 Å². The van der Waals surface area contributed by atoms with E-state index in [1.54, 1.807) is 0 Å². The summed E-state index contributed by atoms with van der Waals surface area (Å²) in [7, 11) is 0. The van der Waals surface area contributed by atoms with Gasteiger partial charge in [0.2, 0.25) is 5.91 Å². The molecule has 0 aliphatic heterocycles. The second kappa shape index (κ2) is 6.97. The fraction of sp³-hybridized carbons (Fsp3) is 0.923. The van der Waals surface area contributed by atoms with Crippen LogP contribution in [0.3, 0.4) is 0 Å². The van der Waals surface area contributed by atoms with Crippen LogP contribution in [0.15, 0.2) is 0 Å².